The number of aliphatic hydroxyl groups is 1. The molecule has 2 aromatic rings. The normalized spacial score (nSPS) is 12.6. The molecule has 0 aliphatic carbocycles. The van der Waals surface area contributed by atoms with E-state index in [1.165, 1.54) is 5.56 Å². The quantitative estimate of drug-likeness (QED) is 0.870. The van der Waals surface area contributed by atoms with Crippen LogP contribution in [0.1, 0.15) is 18.2 Å². The van der Waals surface area contributed by atoms with Gasteiger partial charge >= 0.3 is 0 Å². The van der Waals surface area contributed by atoms with Crippen molar-refractivity contribution in [3.8, 4) is 10.6 Å². The van der Waals surface area contributed by atoms with Crippen LogP contribution >= 0.6 is 11.3 Å². The van der Waals surface area contributed by atoms with E-state index in [0.717, 1.165) is 16.3 Å². The Morgan fingerprint density at radius 2 is 2.06 bits per heavy atom. The molecule has 18 heavy (non-hydrogen) atoms. The van der Waals surface area contributed by atoms with Crippen molar-refractivity contribution in [2.75, 3.05) is 6.61 Å². The molecule has 0 bridgehead atoms. The molecule has 0 spiro atoms. The van der Waals surface area contributed by atoms with Gasteiger partial charge in [-0.1, -0.05) is 29.8 Å². The fourth-order valence-corrected chi connectivity index (χ4v) is 2.39. The van der Waals surface area contributed by atoms with Crippen LogP contribution in [0.3, 0.4) is 0 Å². The molecule has 0 unspecified atom stereocenters. The maximum absolute atomic E-state index is 8.94. The van der Waals surface area contributed by atoms with Gasteiger partial charge in [0.25, 0.3) is 0 Å². The van der Waals surface area contributed by atoms with Gasteiger partial charge in [0, 0.05) is 23.5 Å². The van der Waals surface area contributed by atoms with Gasteiger partial charge in [-0.2, -0.15) is 0 Å². The molecule has 4 heteroatoms. The van der Waals surface area contributed by atoms with E-state index in [0.29, 0.717) is 6.54 Å². The number of nitrogens with one attached hydrogen (secondary N) is 1. The molecule has 2 rings (SSSR count). The predicted octanol–water partition coefficient (Wildman–Crippen LogP) is 2.59. The lowest BCUT2D eigenvalue weighted by molar-refractivity contribution is 0.250. The van der Waals surface area contributed by atoms with Crippen LogP contribution in [0.2, 0.25) is 0 Å². The van der Waals surface area contributed by atoms with E-state index < -0.39 is 0 Å². The topological polar surface area (TPSA) is 45.2 Å². The Kier molecular flexibility index (Phi) is 4.47. The summed E-state index contributed by atoms with van der Waals surface area (Å²) in [5.74, 6) is 0. The van der Waals surface area contributed by atoms with Gasteiger partial charge in [0.2, 0.25) is 0 Å². The van der Waals surface area contributed by atoms with Crippen molar-refractivity contribution in [1.29, 1.82) is 0 Å². The highest BCUT2D eigenvalue weighted by Crippen LogP contribution is 2.23. The summed E-state index contributed by atoms with van der Waals surface area (Å²) in [6.07, 6.45) is 0. The Bertz CT molecular complexity index is 493. The molecule has 0 saturated carbocycles. The molecule has 0 saturated heterocycles. The van der Waals surface area contributed by atoms with Crippen molar-refractivity contribution in [3.63, 3.8) is 0 Å². The summed E-state index contributed by atoms with van der Waals surface area (Å²) in [7, 11) is 0. The monoisotopic (exact) mass is 262 g/mol. The molecule has 96 valence electrons. The summed E-state index contributed by atoms with van der Waals surface area (Å²) in [4.78, 5) is 4.59. The molecule has 0 aliphatic heterocycles. The van der Waals surface area contributed by atoms with Crippen LogP contribution in [0.5, 0.6) is 0 Å². The van der Waals surface area contributed by atoms with E-state index in [2.05, 4.69) is 46.9 Å². The number of aromatic nitrogens is 1. The van der Waals surface area contributed by atoms with Crippen LogP contribution in [0.25, 0.3) is 10.6 Å². The maximum atomic E-state index is 8.94. The molecule has 2 N–H and O–H groups in total. The molecule has 0 amide bonds. The zero-order chi connectivity index (χ0) is 13.0. The second kappa shape index (κ2) is 6.09. The van der Waals surface area contributed by atoms with Gasteiger partial charge < -0.3 is 10.4 Å². The predicted molar refractivity (Wildman–Crippen MR) is 75.7 cm³/mol. The van der Waals surface area contributed by atoms with E-state index >= 15 is 0 Å². The first-order valence-electron chi connectivity index (χ1n) is 6.04. The number of rotatable bonds is 5. The molecule has 1 aromatic heterocycles. The van der Waals surface area contributed by atoms with Crippen molar-refractivity contribution >= 4 is 11.3 Å². The van der Waals surface area contributed by atoms with Crippen LogP contribution in [0.15, 0.2) is 29.6 Å². The summed E-state index contributed by atoms with van der Waals surface area (Å²) in [5, 5.41) is 15.3. The van der Waals surface area contributed by atoms with E-state index in [1.807, 2.05) is 6.92 Å². The second-order valence-electron chi connectivity index (χ2n) is 4.47. The molecule has 1 heterocycles. The third-order valence-electron chi connectivity index (χ3n) is 2.76. The number of hydrogen-bond acceptors (Lipinski definition) is 4. The summed E-state index contributed by atoms with van der Waals surface area (Å²) >= 11 is 1.65. The molecule has 0 aliphatic rings. The highest BCUT2D eigenvalue weighted by atomic mass is 32.1. The minimum Gasteiger partial charge on any atom is -0.395 e. The maximum Gasteiger partial charge on any atom is 0.123 e. The van der Waals surface area contributed by atoms with Gasteiger partial charge in [0.1, 0.15) is 5.01 Å². The fraction of sp³-hybridized carbons (Fsp3) is 0.357. The first-order valence-corrected chi connectivity index (χ1v) is 6.92. The standard InChI is InChI=1S/C14H18N2OS/c1-10-3-5-12(6-4-10)14-16-13(9-18-14)7-15-11(2)8-17/h3-6,9,11,15,17H,7-8H2,1-2H3/t11-/m1/s1. The second-order valence-corrected chi connectivity index (χ2v) is 5.33. The SMILES string of the molecule is Cc1ccc(-c2nc(CN[C@H](C)CO)cs2)cc1. The Hall–Kier alpha value is -1.23. The van der Waals surface area contributed by atoms with Crippen LogP contribution in [0.4, 0.5) is 0 Å². The Labute approximate surface area is 112 Å². The fourth-order valence-electron chi connectivity index (χ4n) is 1.56. The zero-order valence-electron chi connectivity index (χ0n) is 10.7. The summed E-state index contributed by atoms with van der Waals surface area (Å²) in [6, 6.07) is 8.50. The van der Waals surface area contributed by atoms with Crippen LogP contribution in [-0.2, 0) is 6.54 Å². The molecule has 1 atom stereocenters. The average molecular weight is 262 g/mol. The van der Waals surface area contributed by atoms with Gasteiger partial charge in [0.15, 0.2) is 0 Å². The lowest BCUT2D eigenvalue weighted by Crippen LogP contribution is -2.28. The molecule has 3 nitrogen and oxygen atoms in total. The van der Waals surface area contributed by atoms with Crippen LogP contribution in [-0.4, -0.2) is 22.7 Å². The van der Waals surface area contributed by atoms with Gasteiger partial charge in [-0.05, 0) is 13.8 Å². The van der Waals surface area contributed by atoms with Crippen molar-refractivity contribution < 1.29 is 5.11 Å². The molecular weight excluding hydrogens is 244 g/mol. The lowest BCUT2D eigenvalue weighted by Gasteiger charge is -2.08. The van der Waals surface area contributed by atoms with E-state index in [4.69, 9.17) is 5.11 Å². The molecule has 0 radical (unpaired) electrons. The van der Waals surface area contributed by atoms with Crippen molar-refractivity contribution in [3.05, 3.63) is 40.9 Å². The number of aliphatic hydroxyl groups excluding tert-OH is 1. The van der Waals surface area contributed by atoms with E-state index in [-0.39, 0.29) is 12.6 Å². The van der Waals surface area contributed by atoms with Gasteiger partial charge in [-0.25, -0.2) is 4.98 Å². The van der Waals surface area contributed by atoms with Crippen molar-refractivity contribution in [2.24, 2.45) is 0 Å². The Morgan fingerprint density at radius 3 is 2.72 bits per heavy atom. The lowest BCUT2D eigenvalue weighted by atomic mass is 10.2. The number of thiazole rings is 1. The highest BCUT2D eigenvalue weighted by molar-refractivity contribution is 7.13. The number of nitrogens with zero attached hydrogens (tertiary/aromatic N) is 1. The molecular formula is C14H18N2OS. The minimum atomic E-state index is 0.106. The van der Waals surface area contributed by atoms with Gasteiger partial charge in [-0.3, -0.25) is 0 Å². The summed E-state index contributed by atoms with van der Waals surface area (Å²) < 4.78 is 0. The number of hydrogen-bond donors (Lipinski definition) is 2. The van der Waals surface area contributed by atoms with Gasteiger partial charge in [-0.15, -0.1) is 11.3 Å². The number of aryl methyl sites for hydroxylation is 1. The van der Waals surface area contributed by atoms with Crippen molar-refractivity contribution in [2.45, 2.75) is 26.4 Å². The minimum absolute atomic E-state index is 0.106. The summed E-state index contributed by atoms with van der Waals surface area (Å²) in [5.41, 5.74) is 3.44. The van der Waals surface area contributed by atoms with E-state index in [9.17, 15) is 0 Å². The highest BCUT2D eigenvalue weighted by Gasteiger charge is 2.05. The molecule has 0 fully saturated rings. The first kappa shape index (κ1) is 13.2. The van der Waals surface area contributed by atoms with Gasteiger partial charge in [0.05, 0.1) is 12.3 Å². The first-order chi connectivity index (χ1) is 8.69. The van der Waals surface area contributed by atoms with Crippen molar-refractivity contribution in [1.82, 2.24) is 10.3 Å². The zero-order valence-corrected chi connectivity index (χ0v) is 11.5. The number of benzene rings is 1. The van der Waals surface area contributed by atoms with Crippen LogP contribution < -0.4 is 5.32 Å². The largest absolute Gasteiger partial charge is 0.395 e. The Morgan fingerprint density at radius 1 is 1.33 bits per heavy atom. The molecule has 1 aromatic carbocycles. The third kappa shape index (κ3) is 3.38. The average Bonchev–Trinajstić information content (AvgIpc) is 2.85. The van der Waals surface area contributed by atoms with E-state index in [1.54, 1.807) is 11.3 Å². The van der Waals surface area contributed by atoms with Crippen LogP contribution in [0, 0.1) is 6.92 Å². The smallest absolute Gasteiger partial charge is 0.123 e. The Balaban J connectivity index is 2.03. The summed E-state index contributed by atoms with van der Waals surface area (Å²) in [6.45, 7) is 4.88. The third-order valence-corrected chi connectivity index (χ3v) is 3.70.